The number of nitrogens with zero attached hydrogens (tertiary/aromatic N) is 4. The molecule has 0 unspecified atom stereocenters. The van der Waals surface area contributed by atoms with Crippen molar-refractivity contribution >= 4 is 76.2 Å². The Bertz CT molecular complexity index is 3500. The largest absolute Gasteiger partial charge is 0.309 e. The molecule has 0 bridgehead atoms. The van der Waals surface area contributed by atoms with Crippen molar-refractivity contribution in [2.75, 3.05) is 0 Å². The standard InChI is InChI=1S/C52H32N4/c1-2-14-36(15-3-1)55-47-23-10-8-19-40(47)44-30-33(25-27-49(44)55)34-26-28-50-45(31-34)41-20-9-11-24-48(41)56(50)37-16-12-13-35(29-37)46-32-53-51-42-21-6-4-17-38(42)39-18-5-7-22-43(39)52(51)54-46/h1-32H. The monoisotopic (exact) mass is 712 g/mol. The molecule has 0 fully saturated rings. The van der Waals surface area contributed by atoms with E-state index in [2.05, 4.69) is 197 Å². The van der Waals surface area contributed by atoms with Gasteiger partial charge in [0.2, 0.25) is 0 Å². The average Bonchev–Trinajstić information content (AvgIpc) is 3.79. The molecule has 56 heavy (non-hydrogen) atoms. The van der Waals surface area contributed by atoms with Gasteiger partial charge in [-0.1, -0.05) is 127 Å². The molecular weight excluding hydrogens is 681 g/mol. The van der Waals surface area contributed by atoms with Gasteiger partial charge in [-0.3, -0.25) is 4.98 Å². The molecule has 0 N–H and O–H groups in total. The molecule has 0 amide bonds. The lowest BCUT2D eigenvalue weighted by atomic mass is 9.99. The molecule has 0 aliphatic carbocycles. The van der Waals surface area contributed by atoms with E-state index in [1.54, 1.807) is 0 Å². The first kappa shape index (κ1) is 30.9. The van der Waals surface area contributed by atoms with E-state index in [-0.39, 0.29) is 0 Å². The maximum Gasteiger partial charge on any atom is 0.0979 e. The summed E-state index contributed by atoms with van der Waals surface area (Å²) in [4.78, 5) is 10.4. The number of hydrogen-bond donors (Lipinski definition) is 0. The summed E-state index contributed by atoms with van der Waals surface area (Å²) >= 11 is 0. The average molecular weight is 713 g/mol. The van der Waals surface area contributed by atoms with Crippen molar-refractivity contribution in [3.8, 4) is 33.8 Å². The molecule has 4 heteroatoms. The van der Waals surface area contributed by atoms with E-state index in [1.807, 2.05) is 6.20 Å². The number of fused-ring (bicyclic) bond motifs is 12. The number of rotatable bonds is 4. The van der Waals surface area contributed by atoms with Crippen molar-refractivity contribution in [1.82, 2.24) is 19.1 Å². The fraction of sp³-hybridized carbons (Fsp3) is 0. The molecule has 0 atom stereocenters. The third kappa shape index (κ3) is 4.53. The van der Waals surface area contributed by atoms with E-state index in [1.165, 1.54) is 65.7 Å². The zero-order valence-electron chi connectivity index (χ0n) is 30.3. The van der Waals surface area contributed by atoms with Crippen LogP contribution in [0.2, 0.25) is 0 Å². The van der Waals surface area contributed by atoms with Crippen LogP contribution in [0.15, 0.2) is 194 Å². The van der Waals surface area contributed by atoms with E-state index >= 15 is 0 Å². The van der Waals surface area contributed by atoms with Gasteiger partial charge in [0.1, 0.15) is 0 Å². The van der Waals surface area contributed by atoms with Crippen LogP contribution in [0.1, 0.15) is 0 Å². The third-order valence-corrected chi connectivity index (χ3v) is 11.5. The van der Waals surface area contributed by atoms with Gasteiger partial charge in [0.25, 0.3) is 0 Å². The van der Waals surface area contributed by atoms with Gasteiger partial charge in [-0.15, -0.1) is 0 Å². The van der Waals surface area contributed by atoms with Crippen molar-refractivity contribution in [2.45, 2.75) is 0 Å². The summed E-state index contributed by atoms with van der Waals surface area (Å²) < 4.78 is 4.75. The number of para-hydroxylation sites is 3. The van der Waals surface area contributed by atoms with Crippen molar-refractivity contribution in [3.63, 3.8) is 0 Å². The normalized spacial score (nSPS) is 11.9. The lowest BCUT2D eigenvalue weighted by molar-refractivity contribution is 1.18. The van der Waals surface area contributed by atoms with Gasteiger partial charge < -0.3 is 9.13 Å². The number of benzene rings is 9. The SMILES string of the molecule is c1ccc(-n2c3ccccc3c3cc(-c4ccc5c(c4)c4ccccc4n5-c4cccc(-c5cnc6c7ccccc7c7ccccc7c6n5)c4)ccc32)cc1. The van der Waals surface area contributed by atoms with Crippen LogP contribution in [0.25, 0.3) is 110 Å². The summed E-state index contributed by atoms with van der Waals surface area (Å²) in [6, 6.07) is 67.6. The third-order valence-electron chi connectivity index (χ3n) is 11.5. The molecule has 12 aromatic rings. The van der Waals surface area contributed by atoms with Crippen molar-refractivity contribution in [1.29, 1.82) is 0 Å². The van der Waals surface area contributed by atoms with Crippen LogP contribution in [0.3, 0.4) is 0 Å². The van der Waals surface area contributed by atoms with Crippen LogP contribution in [0.4, 0.5) is 0 Å². The Morgan fingerprint density at radius 1 is 0.304 bits per heavy atom. The topological polar surface area (TPSA) is 35.6 Å². The number of aromatic nitrogens is 4. The highest BCUT2D eigenvalue weighted by molar-refractivity contribution is 6.23. The van der Waals surface area contributed by atoms with Gasteiger partial charge in [0.15, 0.2) is 0 Å². The lowest BCUT2D eigenvalue weighted by Gasteiger charge is -2.12. The van der Waals surface area contributed by atoms with Crippen LogP contribution < -0.4 is 0 Å². The summed E-state index contributed by atoms with van der Waals surface area (Å²) in [6.07, 6.45) is 1.93. The second kappa shape index (κ2) is 12.0. The molecule has 0 aliphatic heterocycles. The molecule has 3 heterocycles. The van der Waals surface area contributed by atoms with E-state index in [9.17, 15) is 0 Å². The molecule has 0 aliphatic rings. The predicted molar refractivity (Wildman–Crippen MR) is 234 cm³/mol. The molecule has 260 valence electrons. The van der Waals surface area contributed by atoms with E-state index in [0.717, 1.165) is 44.3 Å². The van der Waals surface area contributed by atoms with Gasteiger partial charge in [-0.2, -0.15) is 0 Å². The zero-order chi connectivity index (χ0) is 36.7. The highest BCUT2D eigenvalue weighted by atomic mass is 15.0. The van der Waals surface area contributed by atoms with Gasteiger partial charge in [-0.05, 0) is 82.6 Å². The molecule has 12 rings (SSSR count). The molecule has 3 aromatic heterocycles. The van der Waals surface area contributed by atoms with E-state index < -0.39 is 0 Å². The smallest absolute Gasteiger partial charge is 0.0979 e. The minimum atomic E-state index is 0.854. The van der Waals surface area contributed by atoms with Gasteiger partial charge in [-0.25, -0.2) is 4.98 Å². The first-order valence-electron chi connectivity index (χ1n) is 19.1. The Hall–Kier alpha value is -7.56. The summed E-state index contributed by atoms with van der Waals surface area (Å²) in [5, 5.41) is 9.58. The highest BCUT2D eigenvalue weighted by Crippen LogP contribution is 2.39. The maximum absolute atomic E-state index is 5.30. The summed E-state index contributed by atoms with van der Waals surface area (Å²) in [6.45, 7) is 0. The molecule has 9 aromatic carbocycles. The summed E-state index contributed by atoms with van der Waals surface area (Å²) in [5.74, 6) is 0. The first-order chi connectivity index (χ1) is 27.8. The molecule has 0 spiro atoms. The predicted octanol–water partition coefficient (Wildman–Crippen LogP) is 13.5. The van der Waals surface area contributed by atoms with Crippen LogP contribution >= 0.6 is 0 Å². The fourth-order valence-electron chi connectivity index (χ4n) is 9.00. The molecule has 4 nitrogen and oxygen atoms in total. The van der Waals surface area contributed by atoms with E-state index in [4.69, 9.17) is 9.97 Å². The second-order valence-electron chi connectivity index (χ2n) is 14.6. The Balaban J connectivity index is 1.00. The van der Waals surface area contributed by atoms with Crippen LogP contribution in [0.5, 0.6) is 0 Å². The lowest BCUT2D eigenvalue weighted by Crippen LogP contribution is -1.96. The second-order valence-corrected chi connectivity index (χ2v) is 14.6. The molecule has 0 saturated carbocycles. The summed E-state index contributed by atoms with van der Waals surface area (Å²) in [5.41, 5.74) is 13.1. The quantitative estimate of drug-likeness (QED) is 0.170. The minimum absolute atomic E-state index is 0.854. The Morgan fingerprint density at radius 2 is 0.786 bits per heavy atom. The van der Waals surface area contributed by atoms with Crippen LogP contribution in [0, 0.1) is 0 Å². The molecule has 0 saturated heterocycles. The van der Waals surface area contributed by atoms with Crippen molar-refractivity contribution in [2.24, 2.45) is 0 Å². The van der Waals surface area contributed by atoms with Crippen molar-refractivity contribution < 1.29 is 0 Å². The maximum atomic E-state index is 5.30. The first-order valence-corrected chi connectivity index (χ1v) is 19.1. The number of hydrogen-bond acceptors (Lipinski definition) is 2. The van der Waals surface area contributed by atoms with Gasteiger partial charge in [0.05, 0.1) is 45.0 Å². The Labute approximate surface area is 322 Å². The zero-order valence-corrected chi connectivity index (χ0v) is 30.3. The van der Waals surface area contributed by atoms with Crippen molar-refractivity contribution in [3.05, 3.63) is 194 Å². The van der Waals surface area contributed by atoms with Gasteiger partial charge in [0, 0.05) is 49.3 Å². The fourth-order valence-corrected chi connectivity index (χ4v) is 9.00. The molecule has 0 radical (unpaired) electrons. The van der Waals surface area contributed by atoms with Gasteiger partial charge >= 0.3 is 0 Å². The minimum Gasteiger partial charge on any atom is -0.309 e. The van der Waals surface area contributed by atoms with E-state index in [0.29, 0.717) is 0 Å². The highest BCUT2D eigenvalue weighted by Gasteiger charge is 2.17. The van der Waals surface area contributed by atoms with Crippen LogP contribution in [-0.2, 0) is 0 Å². The Kier molecular flexibility index (Phi) is 6.60. The Morgan fingerprint density at radius 3 is 1.41 bits per heavy atom. The van der Waals surface area contributed by atoms with Crippen LogP contribution in [-0.4, -0.2) is 19.1 Å². The summed E-state index contributed by atoms with van der Waals surface area (Å²) in [7, 11) is 0. The molecular formula is C52H32N4.